The maximum absolute atomic E-state index is 5.77. The molecule has 0 bridgehead atoms. The molecule has 1 saturated carbocycles. The molecule has 2 aromatic heterocycles. The number of hydrogen-bond donors (Lipinski definition) is 0. The van der Waals surface area contributed by atoms with E-state index in [1.165, 1.54) is 16.9 Å². The molecule has 0 atom stereocenters. The lowest BCUT2D eigenvalue weighted by atomic mass is 10.0. The molecular formula is C18H19N3O2S. The third kappa shape index (κ3) is 3.39. The van der Waals surface area contributed by atoms with E-state index in [-0.39, 0.29) is 5.41 Å². The van der Waals surface area contributed by atoms with Gasteiger partial charge in [-0.1, -0.05) is 35.5 Å². The summed E-state index contributed by atoms with van der Waals surface area (Å²) < 4.78 is 11.3. The molecule has 1 aromatic carbocycles. The smallest absolute Gasteiger partial charge is 0.233 e. The first-order valence-electron chi connectivity index (χ1n) is 8.21. The zero-order valence-corrected chi connectivity index (χ0v) is 14.2. The van der Waals surface area contributed by atoms with Crippen LogP contribution < -0.4 is 0 Å². The molecule has 0 radical (unpaired) electrons. The minimum Gasteiger partial charge on any atom is -0.377 e. The van der Waals surface area contributed by atoms with Gasteiger partial charge >= 0.3 is 0 Å². The molecule has 24 heavy (non-hydrogen) atoms. The first kappa shape index (κ1) is 15.5. The van der Waals surface area contributed by atoms with Crippen LogP contribution in [0.3, 0.4) is 0 Å². The van der Waals surface area contributed by atoms with Crippen molar-refractivity contribution in [2.45, 2.75) is 37.7 Å². The Balaban J connectivity index is 1.27. The topological polar surface area (TPSA) is 61.0 Å². The summed E-state index contributed by atoms with van der Waals surface area (Å²) in [6, 6.07) is 10.3. The summed E-state index contributed by atoms with van der Waals surface area (Å²) in [6.07, 6.45) is 6.02. The van der Waals surface area contributed by atoms with Crippen molar-refractivity contribution in [2.24, 2.45) is 0 Å². The SMILES string of the molecule is c1ccc(COCCCC2(c3nc(-c4nccs4)no3)CC2)cc1. The van der Waals surface area contributed by atoms with E-state index < -0.39 is 0 Å². The molecule has 1 aliphatic rings. The fraction of sp³-hybridized carbons (Fsp3) is 0.389. The Morgan fingerprint density at radius 1 is 1.21 bits per heavy atom. The predicted octanol–water partition coefficient (Wildman–Crippen LogP) is 4.22. The number of benzene rings is 1. The van der Waals surface area contributed by atoms with Gasteiger partial charge in [0.05, 0.1) is 6.61 Å². The van der Waals surface area contributed by atoms with Gasteiger partial charge in [0.25, 0.3) is 0 Å². The highest BCUT2D eigenvalue weighted by atomic mass is 32.1. The van der Waals surface area contributed by atoms with Gasteiger partial charge in [0, 0.05) is 23.6 Å². The van der Waals surface area contributed by atoms with E-state index in [1.54, 1.807) is 6.20 Å². The largest absolute Gasteiger partial charge is 0.377 e. The van der Waals surface area contributed by atoms with Crippen LogP contribution in [0.1, 0.15) is 37.1 Å². The first-order chi connectivity index (χ1) is 11.9. The second kappa shape index (κ2) is 6.83. The zero-order chi connectivity index (χ0) is 16.2. The lowest BCUT2D eigenvalue weighted by Gasteiger charge is -2.10. The van der Waals surface area contributed by atoms with Crippen LogP contribution in [-0.2, 0) is 16.8 Å². The Morgan fingerprint density at radius 3 is 2.83 bits per heavy atom. The van der Waals surface area contributed by atoms with Crippen molar-refractivity contribution in [3.05, 3.63) is 53.4 Å². The fourth-order valence-corrected chi connectivity index (χ4v) is 3.42. The number of rotatable bonds is 8. The molecule has 0 spiro atoms. The minimum absolute atomic E-state index is 0.0681. The Labute approximate surface area is 144 Å². The molecule has 0 aliphatic heterocycles. The Kier molecular flexibility index (Phi) is 4.40. The summed E-state index contributed by atoms with van der Waals surface area (Å²) in [5, 5.41) is 6.81. The highest BCUT2D eigenvalue weighted by Crippen LogP contribution is 2.51. The molecular weight excluding hydrogens is 322 g/mol. The molecule has 4 rings (SSSR count). The molecule has 0 saturated heterocycles. The number of aromatic nitrogens is 3. The van der Waals surface area contributed by atoms with Crippen molar-refractivity contribution in [3.8, 4) is 10.8 Å². The second-order valence-electron chi connectivity index (χ2n) is 6.18. The highest BCUT2D eigenvalue weighted by molar-refractivity contribution is 7.12. The van der Waals surface area contributed by atoms with Crippen LogP contribution in [0.2, 0.25) is 0 Å². The molecule has 1 aliphatic carbocycles. The second-order valence-corrected chi connectivity index (χ2v) is 7.08. The van der Waals surface area contributed by atoms with Gasteiger partial charge in [-0.05, 0) is 31.2 Å². The molecule has 5 nitrogen and oxygen atoms in total. The van der Waals surface area contributed by atoms with Gasteiger partial charge in [0.1, 0.15) is 0 Å². The minimum atomic E-state index is 0.0681. The third-order valence-corrected chi connectivity index (χ3v) is 5.18. The first-order valence-corrected chi connectivity index (χ1v) is 9.09. The lowest BCUT2D eigenvalue weighted by Crippen LogP contribution is -2.09. The standard InChI is InChI=1S/C18H19N3O2S/c1-2-5-14(6-3-1)13-22-11-4-7-18(8-9-18)17-20-15(21-23-17)16-19-10-12-24-16/h1-3,5-6,10,12H,4,7-9,11,13H2. The van der Waals surface area contributed by atoms with E-state index in [0.717, 1.165) is 43.2 Å². The van der Waals surface area contributed by atoms with Crippen molar-refractivity contribution >= 4 is 11.3 Å². The van der Waals surface area contributed by atoms with E-state index in [9.17, 15) is 0 Å². The Morgan fingerprint density at radius 2 is 2.08 bits per heavy atom. The fourth-order valence-electron chi connectivity index (χ4n) is 2.86. The Hall–Kier alpha value is -2.05. The van der Waals surface area contributed by atoms with Crippen molar-refractivity contribution in [3.63, 3.8) is 0 Å². The summed E-state index contributed by atoms with van der Waals surface area (Å²) in [5.41, 5.74) is 1.28. The van der Waals surface area contributed by atoms with E-state index in [2.05, 4.69) is 27.3 Å². The molecule has 0 N–H and O–H groups in total. The summed E-state index contributed by atoms with van der Waals surface area (Å²) in [6.45, 7) is 1.42. The van der Waals surface area contributed by atoms with E-state index in [4.69, 9.17) is 9.26 Å². The van der Waals surface area contributed by atoms with E-state index >= 15 is 0 Å². The number of hydrogen-bond acceptors (Lipinski definition) is 6. The van der Waals surface area contributed by atoms with E-state index in [0.29, 0.717) is 12.4 Å². The van der Waals surface area contributed by atoms with Gasteiger partial charge in [-0.25, -0.2) is 4.98 Å². The van der Waals surface area contributed by atoms with E-state index in [1.807, 2.05) is 23.6 Å². The average molecular weight is 341 g/mol. The summed E-state index contributed by atoms with van der Waals surface area (Å²) >= 11 is 1.53. The number of ether oxygens (including phenoxy) is 1. The average Bonchev–Trinajstić information content (AvgIpc) is 3.05. The van der Waals surface area contributed by atoms with Crippen LogP contribution in [0.4, 0.5) is 0 Å². The van der Waals surface area contributed by atoms with Gasteiger partial charge in [-0.15, -0.1) is 11.3 Å². The lowest BCUT2D eigenvalue weighted by molar-refractivity contribution is 0.114. The van der Waals surface area contributed by atoms with Gasteiger partial charge in [0.15, 0.2) is 5.01 Å². The maximum Gasteiger partial charge on any atom is 0.233 e. The zero-order valence-electron chi connectivity index (χ0n) is 13.4. The van der Waals surface area contributed by atoms with Crippen LogP contribution in [0.5, 0.6) is 0 Å². The molecule has 124 valence electrons. The predicted molar refractivity (Wildman–Crippen MR) is 91.7 cm³/mol. The van der Waals surface area contributed by atoms with Crippen molar-refractivity contribution < 1.29 is 9.26 Å². The highest BCUT2D eigenvalue weighted by Gasteiger charge is 2.48. The van der Waals surface area contributed by atoms with Crippen molar-refractivity contribution in [1.82, 2.24) is 15.1 Å². The van der Waals surface area contributed by atoms with Gasteiger partial charge in [-0.3, -0.25) is 0 Å². The third-order valence-electron chi connectivity index (χ3n) is 4.41. The van der Waals surface area contributed by atoms with Gasteiger partial charge in [-0.2, -0.15) is 4.98 Å². The van der Waals surface area contributed by atoms with Crippen molar-refractivity contribution in [2.75, 3.05) is 6.61 Å². The van der Waals surface area contributed by atoms with Gasteiger partial charge in [0.2, 0.25) is 11.7 Å². The molecule has 2 heterocycles. The molecule has 0 unspecified atom stereocenters. The number of nitrogens with zero attached hydrogens (tertiary/aromatic N) is 3. The number of thiazole rings is 1. The normalized spacial score (nSPS) is 15.5. The van der Waals surface area contributed by atoms with Crippen molar-refractivity contribution in [1.29, 1.82) is 0 Å². The van der Waals surface area contributed by atoms with Gasteiger partial charge < -0.3 is 9.26 Å². The molecule has 6 heteroatoms. The van der Waals surface area contributed by atoms with Crippen LogP contribution in [0.15, 0.2) is 46.4 Å². The quantitative estimate of drug-likeness (QED) is 0.574. The van der Waals surface area contributed by atoms with Crippen LogP contribution in [-0.4, -0.2) is 21.7 Å². The molecule has 0 amide bonds. The van der Waals surface area contributed by atoms with Crippen LogP contribution in [0.25, 0.3) is 10.8 Å². The molecule has 3 aromatic rings. The summed E-state index contributed by atoms with van der Waals surface area (Å²) in [5.74, 6) is 1.36. The monoisotopic (exact) mass is 341 g/mol. The summed E-state index contributed by atoms with van der Waals surface area (Å²) in [4.78, 5) is 8.79. The van der Waals surface area contributed by atoms with Crippen LogP contribution in [0, 0.1) is 0 Å². The van der Waals surface area contributed by atoms with Crippen LogP contribution >= 0.6 is 11.3 Å². The maximum atomic E-state index is 5.77. The Bertz CT molecular complexity index is 767. The summed E-state index contributed by atoms with van der Waals surface area (Å²) in [7, 11) is 0. The molecule has 1 fully saturated rings.